The normalized spacial score (nSPS) is 11.1. The molecular formula is C26H21BrFN5O6. The maximum Gasteiger partial charge on any atom is 0.315 e. The molecule has 4 aromatic rings. The summed E-state index contributed by atoms with van der Waals surface area (Å²) in [5.41, 5.74) is -0.240. The van der Waals surface area contributed by atoms with Gasteiger partial charge < -0.3 is 14.8 Å². The minimum Gasteiger partial charge on any atom is -0.490 e. The van der Waals surface area contributed by atoms with Crippen LogP contribution in [0.2, 0.25) is 0 Å². The van der Waals surface area contributed by atoms with E-state index in [9.17, 15) is 24.1 Å². The Balaban J connectivity index is 1.65. The third-order valence-electron chi connectivity index (χ3n) is 5.34. The lowest BCUT2D eigenvalue weighted by Gasteiger charge is -2.13. The first-order chi connectivity index (χ1) is 18.7. The third kappa shape index (κ3) is 6.26. The van der Waals surface area contributed by atoms with E-state index in [1.807, 2.05) is 0 Å². The number of aryl methyl sites for hydroxylation is 1. The molecule has 0 fully saturated rings. The number of fused-ring (bicyclic) bond motifs is 1. The van der Waals surface area contributed by atoms with Gasteiger partial charge in [-0.1, -0.05) is 28.1 Å². The Labute approximate surface area is 229 Å². The number of ether oxygens (including phenoxy) is 2. The summed E-state index contributed by atoms with van der Waals surface area (Å²) in [5, 5.41) is 18.8. The van der Waals surface area contributed by atoms with E-state index in [1.165, 1.54) is 36.5 Å². The van der Waals surface area contributed by atoms with Gasteiger partial charge in [-0.15, -0.1) is 0 Å². The zero-order valence-electron chi connectivity index (χ0n) is 20.7. The van der Waals surface area contributed by atoms with Crippen LogP contribution in [0.15, 0.2) is 69.0 Å². The molecule has 0 unspecified atom stereocenters. The number of anilines is 1. The monoisotopic (exact) mass is 597 g/mol. The van der Waals surface area contributed by atoms with Crippen molar-refractivity contribution in [3.8, 4) is 11.5 Å². The van der Waals surface area contributed by atoms with E-state index < -0.39 is 34.5 Å². The highest BCUT2D eigenvalue weighted by Crippen LogP contribution is 2.38. The summed E-state index contributed by atoms with van der Waals surface area (Å²) in [4.78, 5) is 40.9. The first kappa shape index (κ1) is 27.4. The number of carbonyl (C=O) groups is 1. The molecule has 11 nitrogen and oxygen atoms in total. The fourth-order valence-electron chi connectivity index (χ4n) is 3.63. The van der Waals surface area contributed by atoms with Crippen molar-refractivity contribution in [3.05, 3.63) is 96.7 Å². The van der Waals surface area contributed by atoms with E-state index in [0.29, 0.717) is 21.2 Å². The lowest BCUT2D eigenvalue weighted by molar-refractivity contribution is -0.385. The number of halogens is 2. The molecule has 0 aliphatic heterocycles. The first-order valence-corrected chi connectivity index (χ1v) is 12.3. The van der Waals surface area contributed by atoms with Crippen LogP contribution in [-0.4, -0.2) is 39.9 Å². The Morgan fingerprint density at radius 2 is 2.00 bits per heavy atom. The first-order valence-electron chi connectivity index (χ1n) is 11.5. The van der Waals surface area contributed by atoms with Crippen molar-refractivity contribution in [2.75, 3.05) is 18.5 Å². The molecule has 200 valence electrons. The van der Waals surface area contributed by atoms with Crippen molar-refractivity contribution in [1.29, 1.82) is 0 Å². The number of para-hydroxylation sites is 1. The van der Waals surface area contributed by atoms with Gasteiger partial charge in [-0.05, 0) is 50.2 Å². The number of nitro groups is 1. The Kier molecular flexibility index (Phi) is 8.30. The molecule has 0 spiro atoms. The van der Waals surface area contributed by atoms with E-state index in [2.05, 4.69) is 31.3 Å². The van der Waals surface area contributed by atoms with Crippen molar-refractivity contribution in [2.45, 2.75) is 13.8 Å². The van der Waals surface area contributed by atoms with Crippen LogP contribution in [0.3, 0.4) is 0 Å². The number of nitrogens with one attached hydrogen (secondary N) is 1. The van der Waals surface area contributed by atoms with E-state index in [4.69, 9.17) is 9.47 Å². The van der Waals surface area contributed by atoms with Crippen molar-refractivity contribution < 1.29 is 23.6 Å². The van der Waals surface area contributed by atoms with Crippen LogP contribution in [-0.2, 0) is 4.79 Å². The van der Waals surface area contributed by atoms with E-state index in [1.54, 1.807) is 38.1 Å². The molecule has 0 saturated heterocycles. The molecule has 1 heterocycles. The molecule has 0 atom stereocenters. The lowest BCUT2D eigenvalue weighted by Crippen LogP contribution is -2.21. The fraction of sp³-hybridized carbons (Fsp3) is 0.154. The molecule has 13 heteroatoms. The Morgan fingerprint density at radius 1 is 1.23 bits per heavy atom. The second kappa shape index (κ2) is 11.8. The molecule has 0 aliphatic carbocycles. The summed E-state index contributed by atoms with van der Waals surface area (Å²) in [6.45, 7) is 2.77. The molecule has 0 radical (unpaired) electrons. The van der Waals surface area contributed by atoms with Crippen LogP contribution in [0.4, 0.5) is 15.8 Å². The van der Waals surface area contributed by atoms with Gasteiger partial charge in [-0.2, -0.15) is 9.78 Å². The molecular weight excluding hydrogens is 577 g/mol. The van der Waals surface area contributed by atoms with Gasteiger partial charge >= 0.3 is 5.69 Å². The highest BCUT2D eigenvalue weighted by atomic mass is 79.9. The molecule has 1 aromatic heterocycles. The van der Waals surface area contributed by atoms with Gasteiger partial charge in [0.15, 0.2) is 12.4 Å². The van der Waals surface area contributed by atoms with Gasteiger partial charge in [0.1, 0.15) is 11.6 Å². The quantitative estimate of drug-likeness (QED) is 0.166. The Morgan fingerprint density at radius 3 is 2.72 bits per heavy atom. The second-order valence-electron chi connectivity index (χ2n) is 8.06. The van der Waals surface area contributed by atoms with E-state index >= 15 is 0 Å². The average Bonchev–Trinajstić information content (AvgIpc) is 2.89. The van der Waals surface area contributed by atoms with Gasteiger partial charge in [-0.25, -0.2) is 9.37 Å². The highest BCUT2D eigenvalue weighted by Gasteiger charge is 2.24. The number of hydrogen-bond acceptors (Lipinski definition) is 8. The molecule has 1 N–H and O–H groups in total. The van der Waals surface area contributed by atoms with Crippen molar-refractivity contribution >= 4 is 50.3 Å². The number of benzene rings is 3. The summed E-state index contributed by atoms with van der Waals surface area (Å²) < 4.78 is 26.6. The van der Waals surface area contributed by atoms with Gasteiger partial charge in [-0.3, -0.25) is 19.7 Å². The zero-order valence-corrected chi connectivity index (χ0v) is 22.3. The van der Waals surface area contributed by atoms with Crippen molar-refractivity contribution in [3.63, 3.8) is 0 Å². The van der Waals surface area contributed by atoms with Crippen LogP contribution in [0.25, 0.3) is 10.9 Å². The molecule has 4 rings (SSSR count). The number of rotatable bonds is 9. The molecule has 39 heavy (non-hydrogen) atoms. The second-order valence-corrected chi connectivity index (χ2v) is 8.97. The summed E-state index contributed by atoms with van der Waals surface area (Å²) in [6, 6.07) is 13.2. The lowest BCUT2D eigenvalue weighted by atomic mass is 10.2. The molecule has 0 saturated carbocycles. The third-order valence-corrected chi connectivity index (χ3v) is 5.84. The molecule has 0 aliphatic rings. The Hall–Kier alpha value is -4.65. The van der Waals surface area contributed by atoms with Crippen LogP contribution in [0.1, 0.15) is 18.3 Å². The maximum atomic E-state index is 13.8. The number of aromatic nitrogens is 2. The number of carbonyl (C=O) groups excluding carboxylic acids is 1. The fourth-order valence-corrected chi connectivity index (χ4v) is 3.99. The standard InChI is InChI=1S/C26H21BrFN5O6/c1-3-38-23-11-16(13-29-32-15(2)30-20-9-8-17(27)12-18(20)26(32)35)10-22(33(36)37)25(23)39-14-24(34)31-21-7-5-4-6-19(21)28/h4-13H,3,14H2,1-2H3,(H,31,34). The predicted molar refractivity (Wildman–Crippen MR) is 146 cm³/mol. The summed E-state index contributed by atoms with van der Waals surface area (Å²) in [5.74, 6) is -1.36. The zero-order chi connectivity index (χ0) is 28.1. The molecule has 0 bridgehead atoms. The summed E-state index contributed by atoms with van der Waals surface area (Å²) >= 11 is 3.33. The molecule has 3 aromatic carbocycles. The van der Waals surface area contributed by atoms with Crippen molar-refractivity contribution in [2.24, 2.45) is 5.10 Å². The van der Waals surface area contributed by atoms with Crippen LogP contribution in [0.5, 0.6) is 11.5 Å². The number of nitro benzene ring substituents is 1. The van der Waals surface area contributed by atoms with Crippen LogP contribution >= 0.6 is 15.9 Å². The maximum absolute atomic E-state index is 13.8. The van der Waals surface area contributed by atoms with Gasteiger partial charge in [0.05, 0.1) is 34.3 Å². The summed E-state index contributed by atoms with van der Waals surface area (Å²) in [7, 11) is 0. The smallest absolute Gasteiger partial charge is 0.315 e. The average molecular weight is 598 g/mol. The number of hydrogen-bond donors (Lipinski definition) is 1. The van der Waals surface area contributed by atoms with Gasteiger partial charge in [0.2, 0.25) is 5.75 Å². The Bertz CT molecular complexity index is 1670. The SMILES string of the molecule is CCOc1cc(C=Nn2c(C)nc3ccc(Br)cc3c2=O)cc([N+](=O)[O-])c1OCC(=O)Nc1ccccc1F. The highest BCUT2D eigenvalue weighted by molar-refractivity contribution is 9.10. The number of nitrogens with zero attached hydrogens (tertiary/aromatic N) is 4. The largest absolute Gasteiger partial charge is 0.490 e. The van der Waals surface area contributed by atoms with Crippen LogP contribution in [0, 0.1) is 22.9 Å². The van der Waals surface area contributed by atoms with Crippen molar-refractivity contribution in [1.82, 2.24) is 9.66 Å². The minimum atomic E-state index is -0.729. The topological polar surface area (TPSA) is 138 Å². The van der Waals surface area contributed by atoms with Gasteiger partial charge in [0.25, 0.3) is 11.5 Å². The summed E-state index contributed by atoms with van der Waals surface area (Å²) in [6.07, 6.45) is 1.25. The van der Waals surface area contributed by atoms with Crippen LogP contribution < -0.4 is 20.3 Å². The predicted octanol–water partition coefficient (Wildman–Crippen LogP) is 4.81. The minimum absolute atomic E-state index is 0.0172. The molecule has 1 amide bonds. The van der Waals surface area contributed by atoms with Gasteiger partial charge in [0, 0.05) is 16.1 Å². The number of amides is 1. The van der Waals surface area contributed by atoms with E-state index in [-0.39, 0.29) is 29.4 Å². The van der Waals surface area contributed by atoms with E-state index in [0.717, 1.165) is 4.68 Å².